The van der Waals surface area contributed by atoms with Gasteiger partial charge in [0, 0.05) is 56.3 Å². The number of piperazine rings is 1. The van der Waals surface area contributed by atoms with Crippen molar-refractivity contribution in [3.63, 3.8) is 0 Å². The first-order chi connectivity index (χ1) is 20.4. The van der Waals surface area contributed by atoms with Crippen molar-refractivity contribution in [1.29, 1.82) is 0 Å². The summed E-state index contributed by atoms with van der Waals surface area (Å²) in [4.78, 5) is 31.9. The number of amides is 1. The molecular weight excluding hydrogens is 537 g/mol. The zero-order valence-electron chi connectivity index (χ0n) is 24.0. The summed E-state index contributed by atoms with van der Waals surface area (Å²) in [5.74, 6) is 1.06. The molecule has 2 aliphatic heterocycles. The van der Waals surface area contributed by atoms with Gasteiger partial charge in [0.15, 0.2) is 5.82 Å². The molecule has 0 spiro atoms. The maximum Gasteiger partial charge on any atom is 0.247 e. The molecule has 220 valence electrons. The second kappa shape index (κ2) is 11.9. The van der Waals surface area contributed by atoms with E-state index in [4.69, 9.17) is 9.57 Å². The number of ether oxygens (including phenoxy) is 1. The van der Waals surface area contributed by atoms with E-state index in [1.165, 1.54) is 25.2 Å². The Morgan fingerprint density at radius 1 is 1.12 bits per heavy atom. The van der Waals surface area contributed by atoms with Crippen LogP contribution in [0.1, 0.15) is 36.4 Å². The molecule has 10 nitrogen and oxygen atoms in total. The predicted octanol–water partition coefficient (Wildman–Crippen LogP) is 4.97. The fourth-order valence-electron chi connectivity index (χ4n) is 5.73. The van der Waals surface area contributed by atoms with Crippen molar-refractivity contribution < 1.29 is 18.8 Å². The Balaban J connectivity index is 1.27. The number of methoxy groups -OCH3 is 1. The number of benzene rings is 2. The number of aromatic nitrogens is 2. The van der Waals surface area contributed by atoms with E-state index in [0.717, 1.165) is 37.9 Å². The Labute approximate surface area is 245 Å². The lowest BCUT2D eigenvalue weighted by atomic mass is 10.0. The van der Waals surface area contributed by atoms with Gasteiger partial charge < -0.3 is 20.3 Å². The molecular formula is C31H36FN7O3. The van der Waals surface area contributed by atoms with Crippen LogP contribution in [-0.2, 0) is 9.63 Å². The summed E-state index contributed by atoms with van der Waals surface area (Å²) in [7, 11) is 1.61. The second-order valence-corrected chi connectivity index (χ2v) is 10.8. The highest BCUT2D eigenvalue weighted by Crippen LogP contribution is 2.40. The number of carbonyl (C=O) groups is 1. The van der Waals surface area contributed by atoms with Gasteiger partial charge >= 0.3 is 0 Å². The number of hydroxylamine groups is 1. The molecule has 0 radical (unpaired) electrons. The zero-order valence-corrected chi connectivity index (χ0v) is 24.0. The number of hydrogen-bond acceptors (Lipinski definition) is 9. The summed E-state index contributed by atoms with van der Waals surface area (Å²) >= 11 is 0. The Morgan fingerprint density at radius 3 is 2.67 bits per heavy atom. The van der Waals surface area contributed by atoms with Crippen LogP contribution in [0.2, 0.25) is 0 Å². The van der Waals surface area contributed by atoms with Gasteiger partial charge in [-0.05, 0) is 37.5 Å². The first kappa shape index (κ1) is 27.9. The minimum Gasteiger partial charge on any atom is -0.494 e. The minimum atomic E-state index is -0.317. The molecule has 3 fully saturated rings. The largest absolute Gasteiger partial charge is 0.494 e. The molecule has 3 aromatic rings. The number of nitrogens with zero attached hydrogens (tertiary/aromatic N) is 5. The molecule has 1 unspecified atom stereocenters. The number of hydrogen-bond donors (Lipinski definition) is 2. The van der Waals surface area contributed by atoms with Crippen LogP contribution in [0.4, 0.5) is 33.1 Å². The standard InChI is InChI=1S/C31H36FN7O3/c1-4-30(40)36-23-16-24(27(41-3)17-26(23)38-13-11-37(12-14-38)21-8-9-21)35-28-18-29(34-19-33-28)39-25(10-15-42-39)22-7-5-6-20(2)31(22)32/h4-7,16-19,21,25H,1,8-15H2,2-3H3,(H,36,40)(H,33,34,35). The van der Waals surface area contributed by atoms with Crippen LogP contribution < -0.4 is 25.3 Å². The molecule has 3 aliphatic rings. The van der Waals surface area contributed by atoms with Gasteiger partial charge in [-0.15, -0.1) is 0 Å². The van der Waals surface area contributed by atoms with Crippen molar-refractivity contribution in [3.05, 3.63) is 72.3 Å². The van der Waals surface area contributed by atoms with Crippen molar-refractivity contribution in [2.45, 2.75) is 38.3 Å². The normalized spacial score (nSPS) is 19.1. The summed E-state index contributed by atoms with van der Waals surface area (Å²) in [5.41, 5.74) is 3.31. The van der Waals surface area contributed by atoms with E-state index in [0.29, 0.717) is 52.9 Å². The minimum absolute atomic E-state index is 0.238. The third-order valence-corrected chi connectivity index (χ3v) is 8.11. The van der Waals surface area contributed by atoms with Gasteiger partial charge in [0.2, 0.25) is 5.91 Å². The average Bonchev–Trinajstić information content (AvgIpc) is 3.75. The highest BCUT2D eigenvalue weighted by atomic mass is 19.1. The molecule has 11 heteroatoms. The summed E-state index contributed by atoms with van der Waals surface area (Å²) < 4.78 is 20.8. The van der Waals surface area contributed by atoms with E-state index >= 15 is 0 Å². The van der Waals surface area contributed by atoms with Gasteiger partial charge in [-0.2, -0.15) is 0 Å². The second-order valence-electron chi connectivity index (χ2n) is 10.8. The summed E-state index contributed by atoms with van der Waals surface area (Å²) in [6, 6.07) is 11.3. The monoisotopic (exact) mass is 573 g/mol. The van der Waals surface area contributed by atoms with Crippen LogP contribution >= 0.6 is 0 Å². The molecule has 1 aliphatic carbocycles. The van der Waals surface area contributed by atoms with Crippen molar-refractivity contribution in [2.75, 3.05) is 60.5 Å². The van der Waals surface area contributed by atoms with Gasteiger partial charge in [-0.3, -0.25) is 14.5 Å². The Bertz CT molecular complexity index is 1470. The van der Waals surface area contributed by atoms with Gasteiger partial charge in [0.25, 0.3) is 0 Å². The lowest BCUT2D eigenvalue weighted by Gasteiger charge is -2.37. The third kappa shape index (κ3) is 5.75. The Kier molecular flexibility index (Phi) is 7.94. The predicted molar refractivity (Wildman–Crippen MR) is 161 cm³/mol. The van der Waals surface area contributed by atoms with Crippen LogP contribution in [0.15, 0.2) is 55.4 Å². The van der Waals surface area contributed by atoms with Crippen LogP contribution in [-0.4, -0.2) is 66.7 Å². The molecule has 2 saturated heterocycles. The van der Waals surface area contributed by atoms with Crippen molar-refractivity contribution >= 4 is 34.6 Å². The smallest absolute Gasteiger partial charge is 0.247 e. The summed E-state index contributed by atoms with van der Waals surface area (Å²) in [5, 5.41) is 7.93. The van der Waals surface area contributed by atoms with E-state index < -0.39 is 0 Å². The molecule has 2 N–H and O–H groups in total. The Hall–Kier alpha value is -4.22. The van der Waals surface area contributed by atoms with E-state index in [-0.39, 0.29) is 17.8 Å². The maximum absolute atomic E-state index is 15.0. The van der Waals surface area contributed by atoms with Crippen molar-refractivity contribution in [1.82, 2.24) is 14.9 Å². The maximum atomic E-state index is 15.0. The highest BCUT2D eigenvalue weighted by molar-refractivity contribution is 6.02. The fraction of sp³-hybridized carbons (Fsp3) is 0.387. The molecule has 1 saturated carbocycles. The van der Waals surface area contributed by atoms with Crippen molar-refractivity contribution in [2.24, 2.45) is 0 Å². The number of nitrogens with one attached hydrogen (secondary N) is 2. The van der Waals surface area contributed by atoms with E-state index in [1.807, 2.05) is 18.2 Å². The van der Waals surface area contributed by atoms with Gasteiger partial charge in [-0.25, -0.2) is 19.4 Å². The lowest BCUT2D eigenvalue weighted by Crippen LogP contribution is -2.47. The summed E-state index contributed by atoms with van der Waals surface area (Å²) in [6.07, 6.45) is 5.89. The molecule has 0 bridgehead atoms. The van der Waals surface area contributed by atoms with Gasteiger partial charge in [0.1, 0.15) is 23.7 Å². The summed E-state index contributed by atoms with van der Waals surface area (Å²) in [6.45, 7) is 9.50. The molecule has 2 aromatic carbocycles. The van der Waals surface area contributed by atoms with E-state index in [2.05, 4.69) is 37.0 Å². The molecule has 1 atom stereocenters. The van der Waals surface area contributed by atoms with E-state index in [1.54, 1.807) is 37.3 Å². The quantitative estimate of drug-likeness (QED) is 0.344. The number of anilines is 5. The first-order valence-corrected chi connectivity index (χ1v) is 14.4. The zero-order chi connectivity index (χ0) is 29.2. The SMILES string of the molecule is C=CC(=O)Nc1cc(Nc2cc(N3OCCC3c3cccc(C)c3F)ncn2)c(OC)cc1N1CCN(C2CC2)CC1. The fourth-order valence-corrected chi connectivity index (χ4v) is 5.73. The first-order valence-electron chi connectivity index (χ1n) is 14.4. The highest BCUT2D eigenvalue weighted by Gasteiger charge is 2.33. The number of rotatable bonds is 9. The molecule has 1 aromatic heterocycles. The lowest BCUT2D eigenvalue weighted by molar-refractivity contribution is -0.111. The topological polar surface area (TPSA) is 95.1 Å². The third-order valence-electron chi connectivity index (χ3n) is 8.11. The molecule has 6 rings (SSSR count). The van der Waals surface area contributed by atoms with Crippen LogP contribution in [0, 0.1) is 12.7 Å². The Morgan fingerprint density at radius 2 is 1.93 bits per heavy atom. The van der Waals surface area contributed by atoms with Crippen LogP contribution in [0.3, 0.4) is 0 Å². The molecule has 1 amide bonds. The van der Waals surface area contributed by atoms with E-state index in [9.17, 15) is 9.18 Å². The van der Waals surface area contributed by atoms with Gasteiger partial charge in [0.05, 0.1) is 36.8 Å². The van der Waals surface area contributed by atoms with Crippen LogP contribution in [0.5, 0.6) is 5.75 Å². The number of halogens is 1. The van der Waals surface area contributed by atoms with Crippen LogP contribution in [0.25, 0.3) is 0 Å². The number of carbonyl (C=O) groups excluding carboxylic acids is 1. The van der Waals surface area contributed by atoms with Gasteiger partial charge in [-0.1, -0.05) is 24.8 Å². The number of aryl methyl sites for hydroxylation is 1. The average molecular weight is 574 g/mol. The molecule has 42 heavy (non-hydrogen) atoms. The van der Waals surface area contributed by atoms with Crippen molar-refractivity contribution in [3.8, 4) is 5.75 Å². The molecule has 3 heterocycles.